The van der Waals surface area contributed by atoms with Crippen LogP contribution in [-0.4, -0.2) is 45.7 Å². The lowest BCUT2D eigenvalue weighted by molar-refractivity contribution is -0.0460. The second-order valence-corrected chi connectivity index (χ2v) is 4.37. The molecule has 19 heavy (non-hydrogen) atoms. The van der Waals surface area contributed by atoms with E-state index in [1.54, 1.807) is 0 Å². The summed E-state index contributed by atoms with van der Waals surface area (Å²) in [4.78, 5) is 25.4. The van der Waals surface area contributed by atoms with E-state index in [2.05, 4.69) is 4.98 Å². The minimum atomic E-state index is -0.847. The number of aromatic amines is 1. The SMILES string of the molecule is COCc1cn([C@@H]2CC(O)[C@H](CO)O2)c(=O)[nH]c1=O. The second kappa shape index (κ2) is 5.66. The van der Waals surface area contributed by atoms with Crippen LogP contribution < -0.4 is 11.2 Å². The molecule has 0 aliphatic carbocycles. The van der Waals surface area contributed by atoms with Crippen molar-refractivity contribution >= 4 is 0 Å². The van der Waals surface area contributed by atoms with Crippen LogP contribution in [0, 0.1) is 0 Å². The number of ether oxygens (including phenoxy) is 2. The van der Waals surface area contributed by atoms with Crippen molar-refractivity contribution < 1.29 is 19.7 Å². The zero-order valence-corrected chi connectivity index (χ0v) is 10.4. The monoisotopic (exact) mass is 272 g/mol. The van der Waals surface area contributed by atoms with E-state index in [1.807, 2.05) is 0 Å². The van der Waals surface area contributed by atoms with Crippen molar-refractivity contribution in [3.63, 3.8) is 0 Å². The van der Waals surface area contributed by atoms with Gasteiger partial charge >= 0.3 is 5.69 Å². The summed E-state index contributed by atoms with van der Waals surface area (Å²) in [7, 11) is 1.44. The molecule has 0 spiro atoms. The fraction of sp³-hybridized carbons (Fsp3) is 0.636. The number of rotatable bonds is 4. The minimum Gasteiger partial charge on any atom is -0.394 e. The molecule has 1 aliphatic heterocycles. The summed E-state index contributed by atoms with van der Waals surface area (Å²) in [5.74, 6) is 0. The molecule has 0 bridgehead atoms. The molecule has 0 radical (unpaired) electrons. The van der Waals surface area contributed by atoms with Gasteiger partial charge in [-0.05, 0) is 0 Å². The van der Waals surface area contributed by atoms with Gasteiger partial charge in [-0.25, -0.2) is 4.79 Å². The van der Waals surface area contributed by atoms with Crippen molar-refractivity contribution in [2.24, 2.45) is 0 Å². The Hall–Kier alpha value is -1.48. The number of methoxy groups -OCH3 is 1. The highest BCUT2D eigenvalue weighted by atomic mass is 16.5. The van der Waals surface area contributed by atoms with E-state index in [1.165, 1.54) is 17.9 Å². The summed E-state index contributed by atoms with van der Waals surface area (Å²) in [5, 5.41) is 18.6. The Kier molecular flexibility index (Phi) is 4.15. The van der Waals surface area contributed by atoms with E-state index in [9.17, 15) is 14.7 Å². The number of H-pyrrole nitrogens is 1. The van der Waals surface area contributed by atoms with Crippen LogP contribution in [0.5, 0.6) is 0 Å². The smallest absolute Gasteiger partial charge is 0.330 e. The van der Waals surface area contributed by atoms with Crippen LogP contribution in [0.3, 0.4) is 0 Å². The predicted octanol–water partition coefficient (Wildman–Crippen LogP) is -1.68. The van der Waals surface area contributed by atoms with Crippen LogP contribution in [0.1, 0.15) is 18.2 Å². The lowest BCUT2D eigenvalue weighted by Gasteiger charge is -2.15. The average Bonchev–Trinajstić information content (AvgIpc) is 2.74. The summed E-state index contributed by atoms with van der Waals surface area (Å²) in [5.41, 5.74) is -0.853. The summed E-state index contributed by atoms with van der Waals surface area (Å²) in [6, 6.07) is 0. The number of nitrogens with one attached hydrogen (secondary N) is 1. The summed E-state index contributed by atoms with van der Waals surface area (Å²) >= 11 is 0. The van der Waals surface area contributed by atoms with Gasteiger partial charge in [0.15, 0.2) is 0 Å². The summed E-state index contributed by atoms with van der Waals surface area (Å²) in [6.45, 7) is -0.269. The van der Waals surface area contributed by atoms with E-state index < -0.39 is 29.7 Å². The molecule has 8 heteroatoms. The quantitative estimate of drug-likeness (QED) is 0.603. The number of hydrogen-bond acceptors (Lipinski definition) is 6. The van der Waals surface area contributed by atoms with Crippen molar-refractivity contribution in [1.29, 1.82) is 0 Å². The third-order valence-corrected chi connectivity index (χ3v) is 3.04. The van der Waals surface area contributed by atoms with Crippen molar-refractivity contribution in [2.45, 2.75) is 31.5 Å². The Balaban J connectivity index is 2.33. The first-order chi connectivity index (χ1) is 9.06. The van der Waals surface area contributed by atoms with Gasteiger partial charge in [0.2, 0.25) is 0 Å². The predicted molar refractivity (Wildman–Crippen MR) is 63.7 cm³/mol. The number of aromatic nitrogens is 2. The van der Waals surface area contributed by atoms with Gasteiger partial charge in [-0.2, -0.15) is 0 Å². The average molecular weight is 272 g/mol. The molecule has 1 saturated heterocycles. The zero-order chi connectivity index (χ0) is 14.0. The van der Waals surface area contributed by atoms with Crippen molar-refractivity contribution in [1.82, 2.24) is 9.55 Å². The van der Waals surface area contributed by atoms with E-state index in [4.69, 9.17) is 14.6 Å². The largest absolute Gasteiger partial charge is 0.394 e. The van der Waals surface area contributed by atoms with E-state index in [-0.39, 0.29) is 25.2 Å². The number of aliphatic hydroxyl groups is 2. The highest BCUT2D eigenvalue weighted by molar-refractivity contribution is 5.04. The second-order valence-electron chi connectivity index (χ2n) is 4.37. The molecule has 1 unspecified atom stereocenters. The third-order valence-electron chi connectivity index (χ3n) is 3.04. The van der Waals surface area contributed by atoms with Crippen LogP contribution in [-0.2, 0) is 16.1 Å². The minimum absolute atomic E-state index is 0.0638. The molecular weight excluding hydrogens is 256 g/mol. The van der Waals surface area contributed by atoms with E-state index in [0.29, 0.717) is 0 Å². The highest BCUT2D eigenvalue weighted by Gasteiger charge is 2.35. The zero-order valence-electron chi connectivity index (χ0n) is 10.4. The molecule has 1 fully saturated rings. The Morgan fingerprint density at radius 1 is 1.58 bits per heavy atom. The van der Waals surface area contributed by atoms with Crippen LogP contribution in [0.15, 0.2) is 15.8 Å². The standard InChI is InChI=1S/C11H16N2O6/c1-18-5-6-3-13(11(17)12-10(6)16)9-2-7(15)8(4-14)19-9/h3,7-9,14-15H,2,4-5H2,1H3,(H,12,16,17)/t7?,8-,9-/m0/s1. The fourth-order valence-corrected chi connectivity index (χ4v) is 2.05. The third kappa shape index (κ3) is 2.76. The van der Waals surface area contributed by atoms with Gasteiger partial charge in [0.25, 0.3) is 5.56 Å². The number of aliphatic hydroxyl groups excluding tert-OH is 2. The Labute approximate surface area is 108 Å². The van der Waals surface area contributed by atoms with Gasteiger partial charge in [0, 0.05) is 19.7 Å². The molecule has 0 aromatic carbocycles. The molecule has 8 nitrogen and oxygen atoms in total. The van der Waals surface area contributed by atoms with Crippen molar-refractivity contribution in [3.8, 4) is 0 Å². The topological polar surface area (TPSA) is 114 Å². The molecule has 3 atom stereocenters. The maximum atomic E-state index is 11.7. The Bertz CT molecular complexity index is 551. The lowest BCUT2D eigenvalue weighted by atomic mass is 10.2. The van der Waals surface area contributed by atoms with Crippen molar-refractivity contribution in [3.05, 3.63) is 32.6 Å². The highest BCUT2D eigenvalue weighted by Crippen LogP contribution is 2.27. The normalized spacial score (nSPS) is 26.8. The van der Waals surface area contributed by atoms with E-state index >= 15 is 0 Å². The van der Waals surface area contributed by atoms with Crippen LogP contribution in [0.25, 0.3) is 0 Å². The van der Waals surface area contributed by atoms with Gasteiger partial charge < -0.3 is 19.7 Å². The maximum Gasteiger partial charge on any atom is 0.330 e. The Morgan fingerprint density at radius 2 is 2.32 bits per heavy atom. The van der Waals surface area contributed by atoms with Crippen LogP contribution in [0.4, 0.5) is 0 Å². The van der Waals surface area contributed by atoms with Crippen molar-refractivity contribution in [2.75, 3.05) is 13.7 Å². The molecule has 1 aliphatic rings. The number of hydrogen-bond donors (Lipinski definition) is 3. The first-order valence-electron chi connectivity index (χ1n) is 5.84. The fourth-order valence-electron chi connectivity index (χ4n) is 2.05. The van der Waals surface area contributed by atoms with Gasteiger partial charge in [0.1, 0.15) is 12.3 Å². The molecule has 2 heterocycles. The Morgan fingerprint density at radius 3 is 2.89 bits per heavy atom. The summed E-state index contributed by atoms with van der Waals surface area (Å²) < 4.78 is 11.4. The van der Waals surface area contributed by atoms with Crippen LogP contribution >= 0.6 is 0 Å². The molecular formula is C11H16N2O6. The lowest BCUT2D eigenvalue weighted by Crippen LogP contribution is -2.34. The molecule has 1 aromatic heterocycles. The number of nitrogens with zero attached hydrogens (tertiary/aromatic N) is 1. The first kappa shape index (κ1) is 13.9. The first-order valence-corrected chi connectivity index (χ1v) is 5.84. The van der Waals surface area contributed by atoms with Gasteiger partial charge in [-0.15, -0.1) is 0 Å². The molecule has 3 N–H and O–H groups in total. The van der Waals surface area contributed by atoms with E-state index in [0.717, 1.165) is 0 Å². The molecule has 0 amide bonds. The van der Waals surface area contributed by atoms with Crippen LogP contribution in [0.2, 0.25) is 0 Å². The maximum absolute atomic E-state index is 11.7. The summed E-state index contributed by atoms with van der Waals surface area (Å²) in [6.07, 6.45) is -0.771. The molecule has 1 aromatic rings. The molecule has 106 valence electrons. The molecule has 0 saturated carbocycles. The van der Waals surface area contributed by atoms with Gasteiger partial charge in [0.05, 0.1) is 24.9 Å². The van der Waals surface area contributed by atoms with Gasteiger partial charge in [-0.3, -0.25) is 14.3 Å². The molecule has 2 rings (SSSR count). The van der Waals surface area contributed by atoms with Gasteiger partial charge in [-0.1, -0.05) is 0 Å².